The van der Waals surface area contributed by atoms with Gasteiger partial charge in [0.25, 0.3) is 0 Å². The van der Waals surface area contributed by atoms with Gasteiger partial charge in [0.05, 0.1) is 20.3 Å². The quantitative estimate of drug-likeness (QED) is 0.730. The van der Waals surface area contributed by atoms with E-state index in [1.165, 1.54) is 0 Å². The highest BCUT2D eigenvalue weighted by Gasteiger charge is 2.26. The molecule has 2 fully saturated rings. The number of anilines is 1. The van der Waals surface area contributed by atoms with Crippen LogP contribution in [0.5, 0.6) is 11.5 Å². The van der Waals surface area contributed by atoms with Gasteiger partial charge in [-0.1, -0.05) is 0 Å². The molecule has 0 bridgehead atoms. The first-order chi connectivity index (χ1) is 11.7. The minimum atomic E-state index is -0.0323. The highest BCUT2D eigenvalue weighted by molar-refractivity contribution is 7.99. The van der Waals surface area contributed by atoms with Gasteiger partial charge in [-0.3, -0.25) is 10.1 Å². The fourth-order valence-corrected chi connectivity index (χ4v) is 4.08. The third kappa shape index (κ3) is 5.74. The molecule has 2 atom stereocenters. The normalized spacial score (nSPS) is 21.5. The molecule has 148 valence electrons. The van der Waals surface area contributed by atoms with Gasteiger partial charge in [0.2, 0.25) is 5.91 Å². The van der Waals surface area contributed by atoms with Gasteiger partial charge in [0, 0.05) is 55.2 Å². The van der Waals surface area contributed by atoms with Crippen molar-refractivity contribution in [1.29, 1.82) is 0 Å². The summed E-state index contributed by atoms with van der Waals surface area (Å²) in [5.74, 6) is 3.93. The van der Waals surface area contributed by atoms with Crippen LogP contribution < -0.4 is 25.0 Å². The Morgan fingerprint density at radius 1 is 1.27 bits per heavy atom. The Morgan fingerprint density at radius 2 is 1.96 bits per heavy atom. The third-order valence-corrected chi connectivity index (χ3v) is 5.52. The molecule has 26 heavy (non-hydrogen) atoms. The van der Waals surface area contributed by atoms with Gasteiger partial charge < -0.3 is 19.7 Å². The molecule has 1 aromatic carbocycles. The molecule has 2 heterocycles. The van der Waals surface area contributed by atoms with E-state index in [2.05, 4.69) is 15.5 Å². The van der Waals surface area contributed by atoms with Crippen molar-refractivity contribution >= 4 is 48.2 Å². The van der Waals surface area contributed by atoms with Crippen molar-refractivity contribution in [3.63, 3.8) is 0 Å². The van der Waals surface area contributed by atoms with Gasteiger partial charge in [-0.2, -0.15) is 0 Å². The van der Waals surface area contributed by atoms with E-state index in [0.717, 1.165) is 54.9 Å². The second kappa shape index (κ2) is 11.0. The predicted octanol–water partition coefficient (Wildman–Crippen LogP) is 2.15. The standard InChI is InChI=1S/C17H25N3O3S.2ClH/c1-22-14-5-13(6-15(7-14)23-2)20-4-3-12(9-20)8-18-17(21)16-10-24-11-19-16;;/h5-7,12,16,19H,3-4,8-11H2,1-2H3,(H,18,21);2*1H. The maximum atomic E-state index is 12.1. The second-order valence-corrected chi connectivity index (χ2v) is 7.22. The summed E-state index contributed by atoms with van der Waals surface area (Å²) in [6.45, 7) is 2.65. The van der Waals surface area contributed by atoms with Crippen LogP contribution in [0.4, 0.5) is 5.69 Å². The highest BCUT2D eigenvalue weighted by atomic mass is 35.5. The summed E-state index contributed by atoms with van der Waals surface area (Å²) in [6.07, 6.45) is 1.08. The van der Waals surface area contributed by atoms with Crippen molar-refractivity contribution < 1.29 is 14.3 Å². The van der Waals surface area contributed by atoms with Crippen LogP contribution in [0.25, 0.3) is 0 Å². The minimum Gasteiger partial charge on any atom is -0.497 e. The summed E-state index contributed by atoms with van der Waals surface area (Å²) in [6, 6.07) is 5.91. The number of benzene rings is 1. The van der Waals surface area contributed by atoms with Crippen LogP contribution in [-0.2, 0) is 4.79 Å². The lowest BCUT2D eigenvalue weighted by Gasteiger charge is -2.20. The van der Waals surface area contributed by atoms with Crippen molar-refractivity contribution in [3.8, 4) is 11.5 Å². The highest BCUT2D eigenvalue weighted by Crippen LogP contribution is 2.31. The Kier molecular flexibility index (Phi) is 9.71. The molecular weight excluding hydrogens is 397 g/mol. The van der Waals surface area contributed by atoms with Gasteiger partial charge in [-0.15, -0.1) is 36.6 Å². The fourth-order valence-electron chi connectivity index (χ4n) is 3.14. The number of carbonyl (C=O) groups is 1. The number of hydrogen-bond acceptors (Lipinski definition) is 6. The van der Waals surface area contributed by atoms with Gasteiger partial charge in [0.1, 0.15) is 11.5 Å². The Labute approximate surface area is 171 Å². The summed E-state index contributed by atoms with van der Waals surface area (Å²) in [5, 5.41) is 6.30. The molecule has 1 aromatic rings. The molecule has 0 saturated carbocycles. The average Bonchev–Trinajstić information content (AvgIpc) is 3.30. The molecule has 2 aliphatic rings. The van der Waals surface area contributed by atoms with Gasteiger partial charge in [-0.05, 0) is 12.3 Å². The summed E-state index contributed by atoms with van der Waals surface area (Å²) >= 11 is 1.77. The van der Waals surface area contributed by atoms with E-state index in [0.29, 0.717) is 5.92 Å². The molecule has 3 rings (SSSR count). The van der Waals surface area contributed by atoms with E-state index in [1.54, 1.807) is 26.0 Å². The number of rotatable bonds is 6. The van der Waals surface area contributed by atoms with Crippen LogP contribution in [0.3, 0.4) is 0 Å². The molecule has 1 amide bonds. The lowest BCUT2D eigenvalue weighted by molar-refractivity contribution is -0.122. The van der Waals surface area contributed by atoms with Crippen LogP contribution in [-0.4, -0.2) is 57.4 Å². The molecule has 0 radical (unpaired) electrons. The second-order valence-electron chi connectivity index (χ2n) is 6.19. The molecular formula is C17H27Cl2N3O3S. The molecule has 6 nitrogen and oxygen atoms in total. The molecule has 2 saturated heterocycles. The molecule has 9 heteroatoms. The Morgan fingerprint density at radius 3 is 2.54 bits per heavy atom. The van der Waals surface area contributed by atoms with Crippen molar-refractivity contribution in [2.75, 3.05) is 50.4 Å². The molecule has 0 spiro atoms. The summed E-state index contributed by atoms with van der Waals surface area (Å²) < 4.78 is 10.7. The van der Waals surface area contributed by atoms with Crippen LogP contribution in [0, 0.1) is 5.92 Å². The fraction of sp³-hybridized carbons (Fsp3) is 0.588. The van der Waals surface area contributed by atoms with E-state index in [4.69, 9.17) is 9.47 Å². The monoisotopic (exact) mass is 423 g/mol. The van der Waals surface area contributed by atoms with E-state index >= 15 is 0 Å². The maximum absolute atomic E-state index is 12.1. The number of hydrogen-bond donors (Lipinski definition) is 2. The zero-order valence-electron chi connectivity index (χ0n) is 15.0. The average molecular weight is 424 g/mol. The summed E-state index contributed by atoms with van der Waals surface area (Å²) in [7, 11) is 3.33. The lowest BCUT2D eigenvalue weighted by atomic mass is 10.1. The number of nitrogens with zero attached hydrogens (tertiary/aromatic N) is 1. The number of amides is 1. The molecule has 2 N–H and O–H groups in total. The Balaban J connectivity index is 0.00000169. The van der Waals surface area contributed by atoms with Gasteiger partial charge in [0.15, 0.2) is 0 Å². The molecule has 0 aliphatic carbocycles. The zero-order valence-corrected chi connectivity index (χ0v) is 17.5. The predicted molar refractivity (Wildman–Crippen MR) is 112 cm³/mol. The summed E-state index contributed by atoms with van der Waals surface area (Å²) in [5.41, 5.74) is 1.11. The largest absolute Gasteiger partial charge is 0.497 e. The van der Waals surface area contributed by atoms with E-state index in [1.807, 2.05) is 18.2 Å². The number of ether oxygens (including phenoxy) is 2. The van der Waals surface area contributed by atoms with Crippen LogP contribution >= 0.6 is 36.6 Å². The first-order valence-corrected chi connectivity index (χ1v) is 9.42. The Bertz CT molecular complexity index is 566. The number of nitrogens with one attached hydrogen (secondary N) is 2. The minimum absolute atomic E-state index is 0. The van der Waals surface area contributed by atoms with E-state index in [9.17, 15) is 4.79 Å². The van der Waals surface area contributed by atoms with Gasteiger partial charge >= 0.3 is 0 Å². The molecule has 0 aromatic heterocycles. The SMILES string of the molecule is COc1cc(OC)cc(N2CCC(CNC(=O)C3CSCN3)C2)c1.Cl.Cl. The summed E-state index contributed by atoms with van der Waals surface area (Å²) in [4.78, 5) is 14.4. The smallest absolute Gasteiger partial charge is 0.238 e. The Hall–Kier alpha value is -1.02. The van der Waals surface area contributed by atoms with Crippen molar-refractivity contribution in [2.45, 2.75) is 12.5 Å². The van der Waals surface area contributed by atoms with Crippen molar-refractivity contribution in [2.24, 2.45) is 5.92 Å². The maximum Gasteiger partial charge on any atom is 0.238 e. The first-order valence-electron chi connectivity index (χ1n) is 8.26. The number of methoxy groups -OCH3 is 2. The van der Waals surface area contributed by atoms with Gasteiger partial charge in [-0.25, -0.2) is 0 Å². The van der Waals surface area contributed by atoms with E-state index in [-0.39, 0.29) is 36.8 Å². The molecule has 2 unspecified atom stereocenters. The van der Waals surface area contributed by atoms with Crippen molar-refractivity contribution in [1.82, 2.24) is 10.6 Å². The van der Waals surface area contributed by atoms with Crippen LogP contribution in [0.1, 0.15) is 6.42 Å². The number of halogens is 2. The van der Waals surface area contributed by atoms with Crippen LogP contribution in [0.2, 0.25) is 0 Å². The zero-order chi connectivity index (χ0) is 16.9. The van der Waals surface area contributed by atoms with Crippen molar-refractivity contribution in [3.05, 3.63) is 18.2 Å². The number of carbonyl (C=O) groups excluding carboxylic acids is 1. The van der Waals surface area contributed by atoms with E-state index < -0.39 is 0 Å². The van der Waals surface area contributed by atoms with Crippen LogP contribution in [0.15, 0.2) is 18.2 Å². The lowest BCUT2D eigenvalue weighted by Crippen LogP contribution is -2.43. The third-order valence-electron chi connectivity index (χ3n) is 4.58. The first kappa shape index (κ1) is 23.0. The molecule has 2 aliphatic heterocycles. The topological polar surface area (TPSA) is 62.8 Å². The number of thioether (sulfide) groups is 1.